The number of anilines is 2. The third-order valence-electron chi connectivity index (χ3n) is 4.72. The van der Waals surface area contributed by atoms with Gasteiger partial charge in [0.15, 0.2) is 5.78 Å². The smallest absolute Gasteiger partial charge is 0.224 e. The summed E-state index contributed by atoms with van der Waals surface area (Å²) in [6.07, 6.45) is 2.04. The Morgan fingerprint density at radius 1 is 1.00 bits per heavy atom. The van der Waals surface area contributed by atoms with Crippen LogP contribution in [-0.2, 0) is 9.59 Å². The number of Topliss-reactive ketones (excluding diaryl/α,β-unsaturated/α-hetero) is 1. The molecule has 1 aliphatic rings. The van der Waals surface area contributed by atoms with Gasteiger partial charge in [0.25, 0.3) is 0 Å². The van der Waals surface area contributed by atoms with Crippen molar-refractivity contribution < 1.29 is 14.4 Å². The monoisotopic (exact) mass is 380 g/mol. The number of hydrogen-bond acceptors (Lipinski definition) is 5. The predicted molar refractivity (Wildman–Crippen MR) is 107 cm³/mol. The fourth-order valence-corrected chi connectivity index (χ4v) is 3.14. The van der Waals surface area contributed by atoms with Gasteiger partial charge in [0.2, 0.25) is 11.8 Å². The summed E-state index contributed by atoms with van der Waals surface area (Å²) in [6.45, 7) is 4.18. The first-order valence-corrected chi connectivity index (χ1v) is 9.37. The van der Waals surface area contributed by atoms with Gasteiger partial charge < -0.3 is 15.1 Å². The first-order valence-electron chi connectivity index (χ1n) is 9.37. The van der Waals surface area contributed by atoms with E-state index in [1.165, 1.54) is 6.92 Å². The summed E-state index contributed by atoms with van der Waals surface area (Å²) in [7, 11) is 0. The highest BCUT2D eigenvalue weighted by Gasteiger charge is 2.22. The molecule has 0 unspecified atom stereocenters. The SMILES string of the molecule is CC(=O)c1cccc(NC(=O)CCC(=O)N2CCN(c3ccccn3)CC2)c1. The minimum Gasteiger partial charge on any atom is -0.353 e. The van der Waals surface area contributed by atoms with Crippen LogP contribution in [0.5, 0.6) is 0 Å². The lowest BCUT2D eigenvalue weighted by atomic mass is 10.1. The minimum absolute atomic E-state index is 0.0201. The molecule has 0 atom stereocenters. The largest absolute Gasteiger partial charge is 0.353 e. The fraction of sp³-hybridized carbons (Fsp3) is 0.333. The molecule has 3 rings (SSSR count). The van der Waals surface area contributed by atoms with E-state index < -0.39 is 0 Å². The molecule has 0 bridgehead atoms. The Labute approximate surface area is 164 Å². The van der Waals surface area contributed by atoms with E-state index in [2.05, 4.69) is 15.2 Å². The number of ketones is 1. The molecule has 0 radical (unpaired) electrons. The van der Waals surface area contributed by atoms with Crippen LogP contribution in [-0.4, -0.2) is 53.7 Å². The quantitative estimate of drug-likeness (QED) is 0.778. The third kappa shape index (κ3) is 5.16. The average Bonchev–Trinajstić information content (AvgIpc) is 2.73. The van der Waals surface area contributed by atoms with Gasteiger partial charge in [0.05, 0.1) is 0 Å². The van der Waals surface area contributed by atoms with Crippen LogP contribution in [0.3, 0.4) is 0 Å². The van der Waals surface area contributed by atoms with Gasteiger partial charge in [-0.3, -0.25) is 14.4 Å². The lowest BCUT2D eigenvalue weighted by molar-refractivity contribution is -0.133. The van der Waals surface area contributed by atoms with Crippen LogP contribution in [0.25, 0.3) is 0 Å². The van der Waals surface area contributed by atoms with Crippen molar-refractivity contribution >= 4 is 29.1 Å². The molecule has 1 aromatic carbocycles. The average molecular weight is 380 g/mol. The molecule has 1 fully saturated rings. The van der Waals surface area contributed by atoms with Crippen LogP contribution in [0, 0.1) is 0 Å². The fourth-order valence-electron chi connectivity index (χ4n) is 3.14. The van der Waals surface area contributed by atoms with Crippen LogP contribution >= 0.6 is 0 Å². The van der Waals surface area contributed by atoms with E-state index in [0.29, 0.717) is 24.3 Å². The number of amides is 2. The van der Waals surface area contributed by atoms with E-state index in [0.717, 1.165) is 18.9 Å². The lowest BCUT2D eigenvalue weighted by Crippen LogP contribution is -2.49. The Balaban J connectivity index is 1.44. The highest BCUT2D eigenvalue weighted by atomic mass is 16.2. The van der Waals surface area contributed by atoms with Crippen molar-refractivity contribution in [1.82, 2.24) is 9.88 Å². The zero-order chi connectivity index (χ0) is 19.9. The van der Waals surface area contributed by atoms with Crippen LogP contribution in [0.1, 0.15) is 30.1 Å². The summed E-state index contributed by atoms with van der Waals surface area (Å²) in [4.78, 5) is 44.2. The molecule has 1 saturated heterocycles. The molecule has 2 aromatic rings. The number of rotatable bonds is 6. The van der Waals surface area contributed by atoms with Gasteiger partial charge in [-0.15, -0.1) is 0 Å². The molecule has 0 saturated carbocycles. The molecule has 2 amide bonds. The van der Waals surface area contributed by atoms with Crippen molar-refractivity contribution in [1.29, 1.82) is 0 Å². The van der Waals surface area contributed by atoms with E-state index in [-0.39, 0.29) is 30.4 Å². The molecule has 146 valence electrons. The van der Waals surface area contributed by atoms with E-state index in [4.69, 9.17) is 0 Å². The summed E-state index contributed by atoms with van der Waals surface area (Å²) in [5.41, 5.74) is 1.11. The maximum Gasteiger partial charge on any atom is 0.224 e. The number of piperazine rings is 1. The van der Waals surface area contributed by atoms with Crippen molar-refractivity contribution in [3.05, 3.63) is 54.2 Å². The van der Waals surface area contributed by atoms with Crippen molar-refractivity contribution in [2.75, 3.05) is 36.4 Å². The highest BCUT2D eigenvalue weighted by molar-refractivity contribution is 5.97. The van der Waals surface area contributed by atoms with Gasteiger partial charge in [0.1, 0.15) is 5.82 Å². The number of aromatic nitrogens is 1. The lowest BCUT2D eigenvalue weighted by Gasteiger charge is -2.35. The molecule has 0 spiro atoms. The molecule has 0 aliphatic carbocycles. The molecule has 1 aromatic heterocycles. The Morgan fingerprint density at radius 2 is 1.79 bits per heavy atom. The van der Waals surface area contributed by atoms with E-state index in [1.54, 1.807) is 35.4 Å². The zero-order valence-electron chi connectivity index (χ0n) is 15.9. The van der Waals surface area contributed by atoms with Gasteiger partial charge in [-0.05, 0) is 31.2 Å². The third-order valence-corrected chi connectivity index (χ3v) is 4.72. The number of carbonyl (C=O) groups excluding carboxylic acids is 3. The molecule has 1 aliphatic heterocycles. The van der Waals surface area contributed by atoms with Crippen molar-refractivity contribution in [3.8, 4) is 0 Å². The standard InChI is InChI=1S/C21H24N4O3/c1-16(26)17-5-4-6-18(15-17)23-20(27)8-9-21(28)25-13-11-24(12-14-25)19-7-2-3-10-22-19/h2-7,10,15H,8-9,11-14H2,1H3,(H,23,27). The molecule has 7 nitrogen and oxygen atoms in total. The van der Waals surface area contributed by atoms with Gasteiger partial charge in [-0.25, -0.2) is 4.98 Å². The first-order chi connectivity index (χ1) is 13.5. The molecule has 1 N–H and O–H groups in total. The number of nitrogens with zero attached hydrogens (tertiary/aromatic N) is 3. The molecule has 2 heterocycles. The van der Waals surface area contributed by atoms with Gasteiger partial charge in [-0.1, -0.05) is 18.2 Å². The van der Waals surface area contributed by atoms with Gasteiger partial charge in [-0.2, -0.15) is 0 Å². The Morgan fingerprint density at radius 3 is 2.46 bits per heavy atom. The summed E-state index contributed by atoms with van der Waals surface area (Å²) in [6, 6.07) is 12.6. The van der Waals surface area contributed by atoms with Crippen LogP contribution in [0.4, 0.5) is 11.5 Å². The van der Waals surface area contributed by atoms with E-state index in [1.807, 2.05) is 18.2 Å². The van der Waals surface area contributed by atoms with Crippen molar-refractivity contribution in [2.45, 2.75) is 19.8 Å². The highest BCUT2D eigenvalue weighted by Crippen LogP contribution is 2.14. The van der Waals surface area contributed by atoms with E-state index in [9.17, 15) is 14.4 Å². The van der Waals surface area contributed by atoms with Crippen LogP contribution < -0.4 is 10.2 Å². The summed E-state index contributed by atoms with van der Waals surface area (Å²) < 4.78 is 0. The summed E-state index contributed by atoms with van der Waals surface area (Å²) in [5, 5.41) is 2.75. The number of benzene rings is 1. The van der Waals surface area contributed by atoms with Crippen LogP contribution in [0.15, 0.2) is 48.7 Å². The second-order valence-electron chi connectivity index (χ2n) is 6.74. The maximum atomic E-state index is 12.4. The summed E-state index contributed by atoms with van der Waals surface area (Å²) >= 11 is 0. The first kappa shape index (κ1) is 19.5. The number of carbonyl (C=O) groups is 3. The molecular weight excluding hydrogens is 356 g/mol. The second kappa shape index (κ2) is 9.12. The maximum absolute atomic E-state index is 12.4. The Kier molecular flexibility index (Phi) is 6.37. The topological polar surface area (TPSA) is 82.6 Å². The van der Waals surface area contributed by atoms with Crippen molar-refractivity contribution in [3.63, 3.8) is 0 Å². The van der Waals surface area contributed by atoms with Gasteiger partial charge in [0, 0.05) is 56.5 Å². The molecule has 7 heteroatoms. The second-order valence-corrected chi connectivity index (χ2v) is 6.74. The minimum atomic E-state index is -0.235. The molecule has 28 heavy (non-hydrogen) atoms. The Hall–Kier alpha value is -3.22. The number of pyridine rings is 1. The van der Waals surface area contributed by atoms with Crippen molar-refractivity contribution in [2.24, 2.45) is 0 Å². The number of hydrogen-bond donors (Lipinski definition) is 1. The normalized spacial score (nSPS) is 13.9. The Bertz CT molecular complexity index is 846. The number of nitrogens with one attached hydrogen (secondary N) is 1. The predicted octanol–water partition coefficient (Wildman–Crippen LogP) is 2.35. The zero-order valence-corrected chi connectivity index (χ0v) is 15.9. The van der Waals surface area contributed by atoms with Crippen LogP contribution in [0.2, 0.25) is 0 Å². The molecular formula is C21H24N4O3. The van der Waals surface area contributed by atoms with Gasteiger partial charge >= 0.3 is 0 Å². The summed E-state index contributed by atoms with van der Waals surface area (Å²) in [5.74, 6) is 0.604. The van der Waals surface area contributed by atoms with E-state index >= 15 is 0 Å².